The van der Waals surface area contributed by atoms with E-state index in [0.717, 1.165) is 29.4 Å². The van der Waals surface area contributed by atoms with Gasteiger partial charge in [0, 0.05) is 24.5 Å². The normalized spacial score (nSPS) is 11.0. The Kier molecular flexibility index (Phi) is 3.51. The van der Waals surface area contributed by atoms with Crippen molar-refractivity contribution >= 4 is 22.8 Å². The van der Waals surface area contributed by atoms with E-state index in [-0.39, 0.29) is 0 Å². The van der Waals surface area contributed by atoms with Crippen molar-refractivity contribution in [2.75, 3.05) is 11.9 Å². The Hall–Kier alpha value is -2.73. The van der Waals surface area contributed by atoms with Gasteiger partial charge in [-0.3, -0.25) is 0 Å². The van der Waals surface area contributed by atoms with Crippen molar-refractivity contribution in [3.8, 4) is 11.4 Å². The van der Waals surface area contributed by atoms with Crippen molar-refractivity contribution in [2.24, 2.45) is 0 Å². The minimum atomic E-state index is 0.753. The topological polar surface area (TPSA) is 46.3 Å². The molecule has 0 saturated carbocycles. The van der Waals surface area contributed by atoms with Crippen LogP contribution < -0.4 is 4.90 Å². The standard InChI is InChI=1S/C17H15N5S/c1-21(11-13-5-3-2-4-6-13)16-8-7-15-18-19-17(22(15)20-16)14-9-10-23-12-14/h2-10,12H,11H2,1H3. The van der Waals surface area contributed by atoms with Gasteiger partial charge in [0.2, 0.25) is 0 Å². The molecular formula is C17H15N5S. The van der Waals surface area contributed by atoms with Crippen molar-refractivity contribution in [3.63, 3.8) is 0 Å². The molecule has 0 aliphatic heterocycles. The summed E-state index contributed by atoms with van der Waals surface area (Å²) in [5.41, 5.74) is 3.04. The molecule has 4 aromatic rings. The van der Waals surface area contributed by atoms with Gasteiger partial charge in [-0.15, -0.1) is 15.3 Å². The second kappa shape index (κ2) is 5.81. The predicted molar refractivity (Wildman–Crippen MR) is 92.6 cm³/mol. The van der Waals surface area contributed by atoms with Gasteiger partial charge in [0.05, 0.1) is 0 Å². The number of nitrogens with zero attached hydrogens (tertiary/aromatic N) is 5. The third-order valence-electron chi connectivity index (χ3n) is 3.68. The maximum Gasteiger partial charge on any atom is 0.186 e. The van der Waals surface area contributed by atoms with Crippen LogP contribution in [-0.4, -0.2) is 26.9 Å². The van der Waals surface area contributed by atoms with Gasteiger partial charge in [-0.25, -0.2) is 0 Å². The zero-order valence-corrected chi connectivity index (χ0v) is 13.4. The van der Waals surface area contributed by atoms with E-state index in [1.54, 1.807) is 15.9 Å². The van der Waals surface area contributed by atoms with Gasteiger partial charge in [0.1, 0.15) is 5.82 Å². The lowest BCUT2D eigenvalue weighted by molar-refractivity contribution is 0.842. The molecule has 0 amide bonds. The molecule has 0 aliphatic carbocycles. The van der Waals surface area contributed by atoms with E-state index in [1.807, 2.05) is 48.8 Å². The van der Waals surface area contributed by atoms with E-state index >= 15 is 0 Å². The SMILES string of the molecule is CN(Cc1ccccc1)c1ccc2nnc(-c3ccsc3)n2n1. The fourth-order valence-electron chi connectivity index (χ4n) is 2.49. The predicted octanol–water partition coefficient (Wildman–Crippen LogP) is 3.49. The molecule has 0 unspecified atom stereocenters. The highest BCUT2D eigenvalue weighted by Gasteiger charge is 2.12. The van der Waals surface area contributed by atoms with Gasteiger partial charge >= 0.3 is 0 Å². The van der Waals surface area contributed by atoms with Gasteiger partial charge in [-0.2, -0.15) is 15.9 Å². The van der Waals surface area contributed by atoms with Crippen molar-refractivity contribution < 1.29 is 0 Å². The van der Waals surface area contributed by atoms with E-state index in [9.17, 15) is 0 Å². The average molecular weight is 321 g/mol. The zero-order chi connectivity index (χ0) is 15.6. The summed E-state index contributed by atoms with van der Waals surface area (Å²) >= 11 is 1.64. The van der Waals surface area contributed by atoms with Crippen LogP contribution in [-0.2, 0) is 6.54 Å². The molecule has 3 heterocycles. The second-order valence-corrected chi connectivity index (χ2v) is 6.12. The Balaban J connectivity index is 1.69. The lowest BCUT2D eigenvalue weighted by Crippen LogP contribution is -2.18. The summed E-state index contributed by atoms with van der Waals surface area (Å²) in [5, 5.41) is 17.2. The van der Waals surface area contributed by atoms with Crippen molar-refractivity contribution in [3.05, 3.63) is 64.9 Å². The lowest BCUT2D eigenvalue weighted by Gasteiger charge is -2.18. The quantitative estimate of drug-likeness (QED) is 0.577. The molecule has 1 aromatic carbocycles. The van der Waals surface area contributed by atoms with Crippen LogP contribution in [0.5, 0.6) is 0 Å². The Labute approximate surface area is 137 Å². The molecule has 3 aromatic heterocycles. The van der Waals surface area contributed by atoms with Crippen LogP contribution in [0.3, 0.4) is 0 Å². The Morgan fingerprint density at radius 2 is 1.91 bits per heavy atom. The number of hydrogen-bond acceptors (Lipinski definition) is 5. The van der Waals surface area contributed by atoms with Crippen LogP contribution in [0.15, 0.2) is 59.3 Å². The number of rotatable bonds is 4. The highest BCUT2D eigenvalue weighted by atomic mass is 32.1. The minimum Gasteiger partial charge on any atom is -0.354 e. The first-order valence-corrected chi connectivity index (χ1v) is 8.25. The van der Waals surface area contributed by atoms with E-state index in [1.165, 1.54) is 5.56 Å². The molecule has 114 valence electrons. The molecule has 23 heavy (non-hydrogen) atoms. The summed E-state index contributed by atoms with van der Waals surface area (Å²) in [6.45, 7) is 0.801. The van der Waals surface area contributed by atoms with Crippen LogP contribution in [0.1, 0.15) is 5.56 Å². The summed E-state index contributed by atoms with van der Waals surface area (Å²) in [4.78, 5) is 2.12. The molecule has 5 nitrogen and oxygen atoms in total. The number of hydrogen-bond donors (Lipinski definition) is 0. The number of anilines is 1. The first kappa shape index (κ1) is 13.9. The third-order valence-corrected chi connectivity index (χ3v) is 4.37. The van der Waals surface area contributed by atoms with Crippen LogP contribution in [0, 0.1) is 0 Å². The van der Waals surface area contributed by atoms with Gasteiger partial charge < -0.3 is 4.90 Å². The first-order chi connectivity index (χ1) is 11.3. The van der Waals surface area contributed by atoms with E-state index in [4.69, 9.17) is 5.10 Å². The van der Waals surface area contributed by atoms with Crippen LogP contribution in [0.25, 0.3) is 17.0 Å². The largest absolute Gasteiger partial charge is 0.354 e. The van der Waals surface area contributed by atoms with Crippen LogP contribution >= 0.6 is 11.3 Å². The smallest absolute Gasteiger partial charge is 0.186 e. The summed E-state index contributed by atoms with van der Waals surface area (Å²) in [5.74, 6) is 1.66. The molecule has 0 aliphatic rings. The summed E-state index contributed by atoms with van der Waals surface area (Å²) in [6.07, 6.45) is 0. The maximum atomic E-state index is 4.71. The van der Waals surface area contributed by atoms with Gasteiger partial charge in [-0.1, -0.05) is 30.3 Å². The fourth-order valence-corrected chi connectivity index (χ4v) is 3.13. The van der Waals surface area contributed by atoms with Crippen molar-refractivity contribution in [2.45, 2.75) is 6.54 Å². The van der Waals surface area contributed by atoms with Gasteiger partial charge in [0.15, 0.2) is 11.5 Å². The molecule has 0 bridgehead atoms. The number of fused-ring (bicyclic) bond motifs is 1. The lowest BCUT2D eigenvalue weighted by atomic mass is 10.2. The molecule has 0 radical (unpaired) electrons. The van der Waals surface area contributed by atoms with Crippen molar-refractivity contribution in [1.82, 2.24) is 19.8 Å². The highest BCUT2D eigenvalue weighted by Crippen LogP contribution is 2.21. The summed E-state index contributed by atoms with van der Waals surface area (Å²) < 4.78 is 1.80. The minimum absolute atomic E-state index is 0.753. The second-order valence-electron chi connectivity index (χ2n) is 5.34. The molecule has 0 spiro atoms. The van der Waals surface area contributed by atoms with Gasteiger partial charge in [0.25, 0.3) is 0 Å². The molecule has 0 fully saturated rings. The van der Waals surface area contributed by atoms with Crippen LogP contribution in [0.2, 0.25) is 0 Å². The van der Waals surface area contributed by atoms with E-state index in [2.05, 4.69) is 32.6 Å². The van der Waals surface area contributed by atoms with E-state index < -0.39 is 0 Å². The average Bonchev–Trinajstić information content (AvgIpc) is 3.24. The molecule has 0 saturated heterocycles. The molecular weight excluding hydrogens is 306 g/mol. The maximum absolute atomic E-state index is 4.71. The Bertz CT molecular complexity index is 915. The summed E-state index contributed by atoms with van der Waals surface area (Å²) in [6, 6.07) is 16.3. The Morgan fingerprint density at radius 3 is 2.70 bits per heavy atom. The number of thiophene rings is 1. The Morgan fingerprint density at radius 1 is 1.04 bits per heavy atom. The first-order valence-electron chi connectivity index (χ1n) is 7.31. The molecule has 0 N–H and O–H groups in total. The van der Waals surface area contributed by atoms with Gasteiger partial charge in [-0.05, 0) is 29.1 Å². The van der Waals surface area contributed by atoms with Crippen molar-refractivity contribution in [1.29, 1.82) is 0 Å². The molecule has 6 heteroatoms. The zero-order valence-electron chi connectivity index (χ0n) is 12.6. The molecule has 0 atom stereocenters. The summed E-state index contributed by atoms with van der Waals surface area (Å²) in [7, 11) is 2.04. The highest BCUT2D eigenvalue weighted by molar-refractivity contribution is 7.08. The third kappa shape index (κ3) is 2.68. The van der Waals surface area contributed by atoms with Crippen LogP contribution in [0.4, 0.5) is 5.82 Å². The molecule has 4 rings (SSSR count). The fraction of sp³-hybridized carbons (Fsp3) is 0.118. The number of benzene rings is 1. The van der Waals surface area contributed by atoms with E-state index in [0.29, 0.717) is 0 Å². The number of aromatic nitrogens is 4. The monoisotopic (exact) mass is 321 g/mol.